The third-order valence-electron chi connectivity index (χ3n) is 4.87. The van der Waals surface area contributed by atoms with Gasteiger partial charge < -0.3 is 15.7 Å². The van der Waals surface area contributed by atoms with E-state index in [0.717, 1.165) is 37.8 Å². The second kappa shape index (κ2) is 7.62. The molecule has 1 saturated carbocycles. The number of nitrogens with one attached hydrogen (secondary N) is 2. The van der Waals surface area contributed by atoms with Crippen LogP contribution < -0.4 is 10.6 Å². The van der Waals surface area contributed by atoms with Gasteiger partial charge in [0, 0.05) is 24.9 Å². The zero-order valence-corrected chi connectivity index (χ0v) is 15.2. The fraction of sp³-hybridized carbons (Fsp3) is 0.765. The van der Waals surface area contributed by atoms with Crippen LogP contribution in [0, 0.1) is 11.3 Å². The number of carbonyl (C=O) groups is 1. The van der Waals surface area contributed by atoms with Crippen LogP contribution in [0.15, 0.2) is 10.9 Å². The Morgan fingerprint density at radius 1 is 1.39 bits per heavy atom. The highest BCUT2D eigenvalue weighted by Crippen LogP contribution is 2.41. The summed E-state index contributed by atoms with van der Waals surface area (Å²) in [5.74, 6) is 0.648. The Bertz CT molecular complexity index is 488. The van der Waals surface area contributed by atoms with Gasteiger partial charge in [0.1, 0.15) is 0 Å². The van der Waals surface area contributed by atoms with Crippen LogP contribution in [0.3, 0.4) is 0 Å². The molecule has 0 radical (unpaired) electrons. The van der Waals surface area contributed by atoms with Gasteiger partial charge in [-0.05, 0) is 37.0 Å². The summed E-state index contributed by atoms with van der Waals surface area (Å²) in [6, 6.07) is -0.216. The molecule has 0 atom stereocenters. The molecule has 1 heterocycles. The molecule has 2 rings (SSSR count). The highest BCUT2D eigenvalue weighted by Gasteiger charge is 2.37. The van der Waals surface area contributed by atoms with Gasteiger partial charge in [-0.3, -0.25) is 0 Å². The van der Waals surface area contributed by atoms with Crippen LogP contribution in [-0.2, 0) is 6.42 Å². The average molecular weight is 340 g/mol. The maximum absolute atomic E-state index is 11.8. The molecule has 3 N–H and O–H groups in total. The van der Waals surface area contributed by atoms with Gasteiger partial charge in [-0.25, -0.2) is 9.78 Å². The maximum Gasteiger partial charge on any atom is 0.314 e. The van der Waals surface area contributed by atoms with Crippen molar-refractivity contribution in [2.45, 2.75) is 58.5 Å². The van der Waals surface area contributed by atoms with E-state index in [-0.39, 0.29) is 6.03 Å². The largest absolute Gasteiger partial charge is 0.388 e. The van der Waals surface area contributed by atoms with Crippen molar-refractivity contribution in [2.75, 3.05) is 13.1 Å². The van der Waals surface area contributed by atoms with E-state index in [9.17, 15) is 9.90 Å². The van der Waals surface area contributed by atoms with Crippen LogP contribution in [-0.4, -0.2) is 34.8 Å². The van der Waals surface area contributed by atoms with Crippen LogP contribution in [0.1, 0.15) is 52.1 Å². The molecule has 1 aliphatic carbocycles. The fourth-order valence-corrected chi connectivity index (χ4v) is 3.76. The van der Waals surface area contributed by atoms with Crippen molar-refractivity contribution >= 4 is 17.4 Å². The molecule has 1 fully saturated rings. The van der Waals surface area contributed by atoms with Crippen molar-refractivity contribution in [1.29, 1.82) is 0 Å². The number of aliphatic hydroxyl groups is 1. The van der Waals surface area contributed by atoms with Crippen molar-refractivity contribution in [2.24, 2.45) is 11.3 Å². The van der Waals surface area contributed by atoms with Crippen molar-refractivity contribution < 1.29 is 9.90 Å². The molecule has 1 aromatic heterocycles. The van der Waals surface area contributed by atoms with E-state index in [4.69, 9.17) is 0 Å². The third-order valence-corrected chi connectivity index (χ3v) is 5.50. The standard InChI is InChI=1S/C17H29N3O2S/c1-16(2,3)13-4-7-17(22,8-5-13)11-19-15(21)18-9-6-14-10-23-12-20-14/h10,12-13,22H,4-9,11H2,1-3H3,(H2,18,19,21). The normalized spacial score (nSPS) is 25.1. The summed E-state index contributed by atoms with van der Waals surface area (Å²) in [6.45, 7) is 7.66. The molecule has 0 bridgehead atoms. The van der Waals surface area contributed by atoms with E-state index in [2.05, 4.69) is 36.4 Å². The Hall–Kier alpha value is -1.14. The highest BCUT2D eigenvalue weighted by molar-refractivity contribution is 7.07. The lowest BCUT2D eigenvalue weighted by Gasteiger charge is -2.41. The molecule has 2 amide bonds. The maximum atomic E-state index is 11.8. The SMILES string of the molecule is CC(C)(C)C1CCC(O)(CNC(=O)NCCc2cscn2)CC1. The molecule has 130 valence electrons. The lowest BCUT2D eigenvalue weighted by atomic mass is 9.68. The van der Waals surface area contributed by atoms with Crippen LogP contribution >= 0.6 is 11.3 Å². The Morgan fingerprint density at radius 2 is 2.09 bits per heavy atom. The molecular weight excluding hydrogens is 310 g/mol. The van der Waals surface area contributed by atoms with Crippen LogP contribution in [0.2, 0.25) is 0 Å². The molecule has 23 heavy (non-hydrogen) atoms. The minimum absolute atomic E-state index is 0.216. The third kappa shape index (κ3) is 5.77. The number of nitrogens with zero attached hydrogens (tertiary/aromatic N) is 1. The molecule has 0 spiro atoms. The first-order valence-electron chi connectivity index (χ1n) is 8.40. The Labute approximate surface area is 142 Å². The van der Waals surface area contributed by atoms with Gasteiger partial charge in [0.2, 0.25) is 0 Å². The first-order valence-corrected chi connectivity index (χ1v) is 9.34. The van der Waals surface area contributed by atoms with E-state index in [1.165, 1.54) is 0 Å². The molecule has 0 aliphatic heterocycles. The Kier molecular flexibility index (Phi) is 6.03. The zero-order valence-electron chi connectivity index (χ0n) is 14.4. The van der Waals surface area contributed by atoms with Crippen molar-refractivity contribution in [1.82, 2.24) is 15.6 Å². The second-order valence-electron chi connectivity index (χ2n) is 7.70. The molecule has 0 unspecified atom stereocenters. The lowest BCUT2D eigenvalue weighted by Crippen LogP contribution is -2.49. The van der Waals surface area contributed by atoms with Gasteiger partial charge >= 0.3 is 6.03 Å². The van der Waals surface area contributed by atoms with Gasteiger partial charge in [0.05, 0.1) is 16.8 Å². The van der Waals surface area contributed by atoms with Gasteiger partial charge in [-0.2, -0.15) is 0 Å². The molecule has 6 heteroatoms. The smallest absolute Gasteiger partial charge is 0.314 e. The number of carbonyl (C=O) groups excluding carboxylic acids is 1. The number of urea groups is 1. The van der Waals surface area contributed by atoms with E-state index in [0.29, 0.717) is 24.4 Å². The van der Waals surface area contributed by atoms with Crippen LogP contribution in [0.25, 0.3) is 0 Å². The number of rotatable bonds is 5. The zero-order chi connectivity index (χ0) is 16.9. The van der Waals surface area contributed by atoms with E-state index >= 15 is 0 Å². The lowest BCUT2D eigenvalue weighted by molar-refractivity contribution is -0.0218. The summed E-state index contributed by atoms with van der Waals surface area (Å²) >= 11 is 1.56. The summed E-state index contributed by atoms with van der Waals surface area (Å²) in [6.07, 6.45) is 4.29. The topological polar surface area (TPSA) is 74.2 Å². The van der Waals surface area contributed by atoms with E-state index in [1.54, 1.807) is 16.8 Å². The number of hydrogen-bond acceptors (Lipinski definition) is 4. The summed E-state index contributed by atoms with van der Waals surface area (Å²) in [4.78, 5) is 16.0. The summed E-state index contributed by atoms with van der Waals surface area (Å²) in [7, 11) is 0. The van der Waals surface area contributed by atoms with Crippen LogP contribution in [0.5, 0.6) is 0 Å². The molecule has 1 aromatic rings. The quantitative estimate of drug-likeness (QED) is 0.772. The highest BCUT2D eigenvalue weighted by atomic mass is 32.1. The fourth-order valence-electron chi connectivity index (χ4n) is 3.17. The first-order chi connectivity index (χ1) is 10.8. The number of hydrogen-bond donors (Lipinski definition) is 3. The molecular formula is C17H29N3O2S. The summed E-state index contributed by atoms with van der Waals surface area (Å²) in [5, 5.41) is 18.2. The van der Waals surface area contributed by atoms with E-state index in [1.807, 2.05) is 5.38 Å². The molecule has 1 aliphatic rings. The van der Waals surface area contributed by atoms with Crippen LogP contribution in [0.4, 0.5) is 4.79 Å². The van der Waals surface area contributed by atoms with Gasteiger partial charge in [-0.1, -0.05) is 20.8 Å². The molecule has 5 nitrogen and oxygen atoms in total. The molecule has 0 saturated heterocycles. The minimum Gasteiger partial charge on any atom is -0.388 e. The number of aromatic nitrogens is 1. The minimum atomic E-state index is -0.756. The van der Waals surface area contributed by atoms with Crippen molar-refractivity contribution in [3.05, 3.63) is 16.6 Å². The predicted octanol–water partition coefficient (Wildman–Crippen LogP) is 2.95. The van der Waals surface area contributed by atoms with Gasteiger partial charge in [0.25, 0.3) is 0 Å². The molecule has 0 aromatic carbocycles. The summed E-state index contributed by atoms with van der Waals surface area (Å²) in [5.41, 5.74) is 2.32. The first kappa shape index (κ1) is 18.2. The predicted molar refractivity (Wildman–Crippen MR) is 93.6 cm³/mol. The van der Waals surface area contributed by atoms with Crippen molar-refractivity contribution in [3.63, 3.8) is 0 Å². The Balaban J connectivity index is 1.66. The number of thiazole rings is 1. The summed E-state index contributed by atoms with van der Waals surface area (Å²) < 4.78 is 0. The van der Waals surface area contributed by atoms with Gasteiger partial charge in [-0.15, -0.1) is 11.3 Å². The van der Waals surface area contributed by atoms with E-state index < -0.39 is 5.60 Å². The van der Waals surface area contributed by atoms with Gasteiger partial charge in [0.15, 0.2) is 0 Å². The Morgan fingerprint density at radius 3 is 2.65 bits per heavy atom. The second-order valence-corrected chi connectivity index (χ2v) is 8.42. The van der Waals surface area contributed by atoms with Crippen molar-refractivity contribution in [3.8, 4) is 0 Å². The average Bonchev–Trinajstić information content (AvgIpc) is 2.98. The number of amides is 2. The monoisotopic (exact) mass is 339 g/mol.